The lowest BCUT2D eigenvalue weighted by Gasteiger charge is -2.11. The molecule has 0 aliphatic heterocycles. The number of carbonyl (C=O) groups is 1. The molecule has 0 aliphatic rings. The Hall–Kier alpha value is -1.84. The summed E-state index contributed by atoms with van der Waals surface area (Å²) in [7, 11) is 0. The van der Waals surface area contributed by atoms with Gasteiger partial charge < -0.3 is 10.1 Å². The van der Waals surface area contributed by atoms with Crippen molar-refractivity contribution >= 4 is 11.7 Å². The summed E-state index contributed by atoms with van der Waals surface area (Å²) in [5, 5.41) is 2.84. The van der Waals surface area contributed by atoms with Crippen molar-refractivity contribution in [1.82, 2.24) is 0 Å². The van der Waals surface area contributed by atoms with Crippen LogP contribution in [0.4, 0.5) is 10.1 Å². The molecule has 1 aromatic carbocycles. The van der Waals surface area contributed by atoms with Crippen molar-refractivity contribution < 1.29 is 13.9 Å². The van der Waals surface area contributed by atoms with E-state index in [-0.39, 0.29) is 17.9 Å². The van der Waals surface area contributed by atoms with Crippen molar-refractivity contribution in [2.45, 2.75) is 13.8 Å². The molecule has 92 valence electrons. The summed E-state index contributed by atoms with van der Waals surface area (Å²) in [6.45, 7) is 7.57. The van der Waals surface area contributed by atoms with E-state index in [9.17, 15) is 9.18 Å². The second-order valence-electron chi connectivity index (χ2n) is 3.61. The molecule has 0 aromatic heterocycles. The average Bonchev–Trinajstić information content (AvgIpc) is 2.28. The van der Waals surface area contributed by atoms with Crippen molar-refractivity contribution in [3.05, 3.63) is 41.7 Å². The summed E-state index contributed by atoms with van der Waals surface area (Å²) in [5.74, 6) is -0.810. The number of benzene rings is 1. The van der Waals surface area contributed by atoms with Gasteiger partial charge in [0.2, 0.25) is 0 Å². The zero-order valence-corrected chi connectivity index (χ0v) is 10.0. The van der Waals surface area contributed by atoms with Crippen LogP contribution in [-0.2, 0) is 9.53 Å². The van der Waals surface area contributed by atoms with Gasteiger partial charge in [-0.2, -0.15) is 0 Å². The summed E-state index contributed by atoms with van der Waals surface area (Å²) in [6, 6.07) is 4.79. The summed E-state index contributed by atoms with van der Waals surface area (Å²) >= 11 is 0. The molecule has 0 bridgehead atoms. The minimum Gasteiger partial charge on any atom is -0.463 e. The molecule has 0 aliphatic carbocycles. The molecule has 0 saturated heterocycles. The lowest BCUT2D eigenvalue weighted by Crippen LogP contribution is -2.15. The summed E-state index contributed by atoms with van der Waals surface area (Å²) in [4.78, 5) is 11.3. The van der Waals surface area contributed by atoms with Crippen molar-refractivity contribution in [1.29, 1.82) is 0 Å². The van der Waals surface area contributed by atoms with Crippen molar-refractivity contribution in [3.63, 3.8) is 0 Å². The number of rotatable bonds is 5. The Bertz CT molecular complexity index is 409. The van der Waals surface area contributed by atoms with Crippen LogP contribution in [0.5, 0.6) is 0 Å². The van der Waals surface area contributed by atoms with E-state index in [1.165, 1.54) is 6.07 Å². The number of hydrogen-bond acceptors (Lipinski definition) is 3. The maximum absolute atomic E-state index is 13.4. The molecule has 1 rings (SSSR count). The molecule has 0 atom stereocenters. The van der Waals surface area contributed by atoms with E-state index in [4.69, 9.17) is 4.74 Å². The molecular weight excluding hydrogens is 221 g/mol. The van der Waals surface area contributed by atoms with Crippen molar-refractivity contribution in [2.24, 2.45) is 0 Å². The van der Waals surface area contributed by atoms with Crippen molar-refractivity contribution in [2.75, 3.05) is 18.5 Å². The molecule has 0 fully saturated rings. The zero-order valence-electron chi connectivity index (χ0n) is 10.0. The molecule has 0 spiro atoms. The zero-order chi connectivity index (χ0) is 12.8. The smallest absolute Gasteiger partial charge is 0.335 e. The van der Waals surface area contributed by atoms with E-state index in [1.54, 1.807) is 26.0 Å². The Morgan fingerprint density at radius 1 is 1.53 bits per heavy atom. The van der Waals surface area contributed by atoms with Gasteiger partial charge in [-0.15, -0.1) is 0 Å². The van der Waals surface area contributed by atoms with Gasteiger partial charge >= 0.3 is 5.97 Å². The van der Waals surface area contributed by atoms with Gasteiger partial charge in [-0.3, -0.25) is 0 Å². The molecule has 0 heterocycles. The minimum absolute atomic E-state index is 0.167. The maximum atomic E-state index is 13.4. The third-order valence-electron chi connectivity index (χ3n) is 2.26. The first-order chi connectivity index (χ1) is 8.06. The van der Waals surface area contributed by atoms with Gasteiger partial charge in [0.05, 0.1) is 12.3 Å². The van der Waals surface area contributed by atoms with E-state index in [2.05, 4.69) is 11.9 Å². The van der Waals surface area contributed by atoms with Gasteiger partial charge in [-0.25, -0.2) is 9.18 Å². The molecular formula is C13H16FNO2. The van der Waals surface area contributed by atoms with Crippen molar-refractivity contribution in [3.8, 4) is 0 Å². The molecule has 0 radical (unpaired) electrons. The third kappa shape index (κ3) is 3.59. The highest BCUT2D eigenvalue weighted by atomic mass is 19.1. The lowest BCUT2D eigenvalue weighted by molar-refractivity contribution is -0.138. The molecule has 1 aromatic rings. The average molecular weight is 237 g/mol. The van der Waals surface area contributed by atoms with Gasteiger partial charge in [-0.1, -0.05) is 18.7 Å². The monoisotopic (exact) mass is 237 g/mol. The molecule has 0 amide bonds. The quantitative estimate of drug-likeness (QED) is 0.632. The molecule has 0 saturated carbocycles. The first-order valence-electron chi connectivity index (χ1n) is 5.40. The van der Waals surface area contributed by atoms with Crippen LogP contribution in [0, 0.1) is 12.7 Å². The Kier molecular flexibility index (Phi) is 4.69. The number of anilines is 1. The molecule has 17 heavy (non-hydrogen) atoms. The summed E-state index contributed by atoms with van der Waals surface area (Å²) in [6.07, 6.45) is 0. The normalized spacial score (nSPS) is 9.82. The van der Waals surface area contributed by atoms with E-state index in [0.29, 0.717) is 12.3 Å². The van der Waals surface area contributed by atoms with Gasteiger partial charge in [0.25, 0.3) is 0 Å². The van der Waals surface area contributed by atoms with Crippen LogP contribution >= 0.6 is 0 Å². The Morgan fingerprint density at radius 3 is 2.82 bits per heavy atom. The SMILES string of the molecule is C=C(CNc1c(C)cccc1F)C(=O)OCC. The number of hydrogen-bond donors (Lipinski definition) is 1. The van der Waals surface area contributed by atoms with E-state index in [1.807, 2.05) is 0 Å². The Morgan fingerprint density at radius 2 is 2.24 bits per heavy atom. The number of halogens is 1. The predicted molar refractivity (Wildman–Crippen MR) is 65.4 cm³/mol. The number of nitrogens with one attached hydrogen (secondary N) is 1. The Balaban J connectivity index is 2.62. The molecule has 0 unspecified atom stereocenters. The van der Waals surface area contributed by atoms with Crippen LogP contribution in [0.25, 0.3) is 0 Å². The van der Waals surface area contributed by atoms with E-state index >= 15 is 0 Å². The fourth-order valence-electron chi connectivity index (χ4n) is 1.36. The van der Waals surface area contributed by atoms with Gasteiger partial charge in [0, 0.05) is 12.1 Å². The van der Waals surface area contributed by atoms with Crippen LogP contribution in [0.2, 0.25) is 0 Å². The largest absolute Gasteiger partial charge is 0.463 e. The minimum atomic E-state index is -0.464. The van der Waals surface area contributed by atoms with Crippen LogP contribution in [0.3, 0.4) is 0 Å². The van der Waals surface area contributed by atoms with Crippen LogP contribution in [-0.4, -0.2) is 19.1 Å². The summed E-state index contributed by atoms with van der Waals surface area (Å²) < 4.78 is 18.2. The highest BCUT2D eigenvalue weighted by Crippen LogP contribution is 2.18. The fraction of sp³-hybridized carbons (Fsp3) is 0.308. The predicted octanol–water partition coefficient (Wildman–Crippen LogP) is 2.67. The first kappa shape index (κ1) is 13.2. The highest BCUT2D eigenvalue weighted by Gasteiger charge is 2.09. The van der Waals surface area contributed by atoms with E-state index < -0.39 is 5.97 Å². The second-order valence-corrected chi connectivity index (χ2v) is 3.61. The molecule has 4 heteroatoms. The van der Waals surface area contributed by atoms with Crippen LogP contribution < -0.4 is 5.32 Å². The lowest BCUT2D eigenvalue weighted by atomic mass is 10.2. The topological polar surface area (TPSA) is 38.3 Å². The number of ether oxygens (including phenoxy) is 1. The summed E-state index contributed by atoms with van der Waals surface area (Å²) in [5.41, 5.74) is 1.44. The standard InChI is InChI=1S/C13H16FNO2/c1-4-17-13(16)10(3)8-15-12-9(2)6-5-7-11(12)14/h5-7,15H,3-4,8H2,1-2H3. The van der Waals surface area contributed by atoms with Gasteiger partial charge in [-0.05, 0) is 25.5 Å². The van der Waals surface area contributed by atoms with E-state index in [0.717, 1.165) is 5.56 Å². The fourth-order valence-corrected chi connectivity index (χ4v) is 1.36. The molecule has 3 nitrogen and oxygen atoms in total. The van der Waals surface area contributed by atoms with Gasteiger partial charge in [0.1, 0.15) is 5.82 Å². The third-order valence-corrected chi connectivity index (χ3v) is 2.26. The number of esters is 1. The highest BCUT2D eigenvalue weighted by molar-refractivity contribution is 5.88. The first-order valence-corrected chi connectivity index (χ1v) is 5.40. The second kappa shape index (κ2) is 6.03. The van der Waals surface area contributed by atoms with Crippen LogP contribution in [0.1, 0.15) is 12.5 Å². The maximum Gasteiger partial charge on any atom is 0.335 e. The number of para-hydroxylation sites is 1. The molecule has 1 N–H and O–H groups in total. The number of carbonyl (C=O) groups excluding carboxylic acids is 1. The Labute approximate surface area is 100 Å². The van der Waals surface area contributed by atoms with Gasteiger partial charge in [0.15, 0.2) is 0 Å². The number of aryl methyl sites for hydroxylation is 1. The van der Waals surface area contributed by atoms with Crippen LogP contribution in [0.15, 0.2) is 30.4 Å².